The Kier molecular flexibility index (Phi) is 3.94. The highest BCUT2D eigenvalue weighted by molar-refractivity contribution is 7.91. The van der Waals surface area contributed by atoms with E-state index in [1.54, 1.807) is 29.2 Å². The molecule has 0 unspecified atom stereocenters. The van der Waals surface area contributed by atoms with Crippen molar-refractivity contribution in [2.45, 2.75) is 31.6 Å². The molecule has 4 nitrogen and oxygen atoms in total. The van der Waals surface area contributed by atoms with Gasteiger partial charge in [-0.2, -0.15) is 0 Å². The molecule has 0 aromatic heterocycles. The molecule has 1 aliphatic rings. The second kappa shape index (κ2) is 5.33. The first-order chi connectivity index (χ1) is 9.01. The molecule has 0 spiro atoms. The summed E-state index contributed by atoms with van der Waals surface area (Å²) in [4.78, 5) is 14.4. The van der Waals surface area contributed by atoms with E-state index >= 15 is 0 Å². The van der Waals surface area contributed by atoms with Crippen LogP contribution in [0.25, 0.3) is 0 Å². The van der Waals surface area contributed by atoms with Crippen LogP contribution in [0, 0.1) is 5.92 Å². The number of nitrogens with zero attached hydrogens (tertiary/aromatic N) is 1. The molecule has 104 valence electrons. The summed E-state index contributed by atoms with van der Waals surface area (Å²) in [7, 11) is -3.24. The molecule has 5 heteroatoms. The normalized spacial score (nSPS) is 17.3. The monoisotopic (exact) mass is 281 g/mol. The standard InChI is InChI=1S/C14H19NO3S/c1-3-11(4-2)14(16)15-9-10-19(17,18)13-8-6-5-7-12(13)15/h5-8,11H,3-4,9-10H2,1-2H3. The van der Waals surface area contributed by atoms with Crippen molar-refractivity contribution in [2.75, 3.05) is 17.2 Å². The Morgan fingerprint density at radius 2 is 1.89 bits per heavy atom. The van der Waals surface area contributed by atoms with Crippen LogP contribution < -0.4 is 4.90 Å². The van der Waals surface area contributed by atoms with E-state index in [-0.39, 0.29) is 29.0 Å². The third kappa shape index (κ3) is 2.52. The van der Waals surface area contributed by atoms with Gasteiger partial charge in [-0.05, 0) is 25.0 Å². The van der Waals surface area contributed by atoms with E-state index in [9.17, 15) is 13.2 Å². The summed E-state index contributed by atoms with van der Waals surface area (Å²) in [5, 5.41) is 0. The molecule has 2 rings (SSSR count). The molecule has 0 N–H and O–H groups in total. The van der Waals surface area contributed by atoms with Gasteiger partial charge in [0.15, 0.2) is 9.84 Å². The van der Waals surface area contributed by atoms with Crippen molar-refractivity contribution < 1.29 is 13.2 Å². The number of rotatable bonds is 3. The topological polar surface area (TPSA) is 54.5 Å². The van der Waals surface area contributed by atoms with E-state index < -0.39 is 9.84 Å². The molecule has 0 saturated heterocycles. The van der Waals surface area contributed by atoms with Gasteiger partial charge in [-0.1, -0.05) is 26.0 Å². The van der Waals surface area contributed by atoms with Crippen LogP contribution in [-0.2, 0) is 14.6 Å². The Labute approximate surface area is 114 Å². The Morgan fingerprint density at radius 1 is 1.26 bits per heavy atom. The minimum absolute atomic E-state index is 0.00982. The predicted octanol–water partition coefficient (Wildman–Crippen LogP) is 2.24. The molecule has 1 amide bonds. The van der Waals surface area contributed by atoms with Crippen molar-refractivity contribution >= 4 is 21.4 Å². The summed E-state index contributed by atoms with van der Waals surface area (Å²) in [6, 6.07) is 6.76. The molecule has 1 aromatic carbocycles. The zero-order chi connectivity index (χ0) is 14.0. The SMILES string of the molecule is CCC(CC)C(=O)N1CCS(=O)(=O)c2ccccc21. The summed E-state index contributed by atoms with van der Waals surface area (Å²) >= 11 is 0. The van der Waals surface area contributed by atoms with Gasteiger partial charge < -0.3 is 4.90 Å². The van der Waals surface area contributed by atoms with E-state index in [2.05, 4.69) is 0 Å². The first kappa shape index (κ1) is 14.1. The Morgan fingerprint density at radius 3 is 2.53 bits per heavy atom. The van der Waals surface area contributed by atoms with Gasteiger partial charge in [0.25, 0.3) is 0 Å². The van der Waals surface area contributed by atoms with E-state index in [0.717, 1.165) is 12.8 Å². The Hall–Kier alpha value is -1.36. The molecule has 19 heavy (non-hydrogen) atoms. The van der Waals surface area contributed by atoms with Crippen molar-refractivity contribution in [1.82, 2.24) is 0 Å². The van der Waals surface area contributed by atoms with Crippen LogP contribution >= 0.6 is 0 Å². The van der Waals surface area contributed by atoms with Crippen LogP contribution in [0.4, 0.5) is 5.69 Å². The van der Waals surface area contributed by atoms with Crippen LogP contribution in [0.2, 0.25) is 0 Å². The maximum atomic E-state index is 12.5. The summed E-state index contributed by atoms with van der Waals surface area (Å²) in [5.41, 5.74) is 0.533. The summed E-state index contributed by atoms with van der Waals surface area (Å²) in [6.45, 7) is 4.23. The molecule has 0 bridgehead atoms. The molecule has 0 fully saturated rings. The number of sulfone groups is 1. The van der Waals surface area contributed by atoms with Gasteiger partial charge in [0.2, 0.25) is 5.91 Å². The number of benzene rings is 1. The number of carbonyl (C=O) groups is 1. The molecule has 0 radical (unpaired) electrons. The average Bonchev–Trinajstić information content (AvgIpc) is 2.40. The number of fused-ring (bicyclic) bond motifs is 1. The number of amides is 1. The maximum Gasteiger partial charge on any atom is 0.230 e. The minimum Gasteiger partial charge on any atom is -0.310 e. The van der Waals surface area contributed by atoms with Crippen LogP contribution in [0.3, 0.4) is 0 Å². The third-order valence-electron chi connectivity index (χ3n) is 3.68. The lowest BCUT2D eigenvalue weighted by Gasteiger charge is -2.31. The Bertz CT molecular complexity index is 576. The van der Waals surface area contributed by atoms with Gasteiger partial charge in [0.1, 0.15) is 0 Å². The van der Waals surface area contributed by atoms with Crippen LogP contribution in [0.1, 0.15) is 26.7 Å². The van der Waals surface area contributed by atoms with E-state index in [1.165, 1.54) is 0 Å². The first-order valence-corrected chi connectivity index (χ1v) is 8.29. The molecule has 0 atom stereocenters. The average molecular weight is 281 g/mol. The number of hydrogen-bond donors (Lipinski definition) is 0. The number of para-hydroxylation sites is 1. The van der Waals surface area contributed by atoms with E-state index in [0.29, 0.717) is 5.69 Å². The van der Waals surface area contributed by atoms with E-state index in [1.807, 2.05) is 13.8 Å². The third-order valence-corrected chi connectivity index (χ3v) is 5.41. The maximum absolute atomic E-state index is 12.5. The quantitative estimate of drug-likeness (QED) is 0.854. The fourth-order valence-corrected chi connectivity index (χ4v) is 3.90. The second-order valence-electron chi connectivity index (χ2n) is 4.79. The Balaban J connectivity index is 2.43. The molecule has 1 heterocycles. The van der Waals surface area contributed by atoms with Crippen LogP contribution in [0.5, 0.6) is 0 Å². The number of anilines is 1. The molecular weight excluding hydrogens is 262 g/mol. The van der Waals surface area contributed by atoms with Gasteiger partial charge in [0.05, 0.1) is 16.3 Å². The fourth-order valence-electron chi connectivity index (χ4n) is 2.47. The van der Waals surface area contributed by atoms with Crippen molar-refractivity contribution in [3.8, 4) is 0 Å². The second-order valence-corrected chi connectivity index (χ2v) is 6.87. The van der Waals surface area contributed by atoms with Crippen molar-refractivity contribution in [3.05, 3.63) is 24.3 Å². The number of carbonyl (C=O) groups excluding carboxylic acids is 1. The molecule has 1 aromatic rings. The van der Waals surface area contributed by atoms with Crippen molar-refractivity contribution in [3.63, 3.8) is 0 Å². The predicted molar refractivity (Wildman–Crippen MR) is 74.9 cm³/mol. The first-order valence-electron chi connectivity index (χ1n) is 6.64. The molecular formula is C14H19NO3S. The fraction of sp³-hybridized carbons (Fsp3) is 0.500. The highest BCUT2D eigenvalue weighted by Crippen LogP contribution is 2.31. The lowest BCUT2D eigenvalue weighted by Crippen LogP contribution is -2.42. The highest BCUT2D eigenvalue weighted by Gasteiger charge is 2.33. The summed E-state index contributed by atoms with van der Waals surface area (Å²) in [6.07, 6.45) is 1.56. The summed E-state index contributed by atoms with van der Waals surface area (Å²) in [5.74, 6) is 0.0109. The molecule has 0 aliphatic carbocycles. The lowest BCUT2D eigenvalue weighted by molar-refractivity contribution is -0.122. The van der Waals surface area contributed by atoms with Gasteiger partial charge in [-0.3, -0.25) is 4.79 Å². The van der Waals surface area contributed by atoms with E-state index in [4.69, 9.17) is 0 Å². The smallest absolute Gasteiger partial charge is 0.230 e. The van der Waals surface area contributed by atoms with Gasteiger partial charge in [-0.25, -0.2) is 8.42 Å². The van der Waals surface area contributed by atoms with Crippen molar-refractivity contribution in [1.29, 1.82) is 0 Å². The van der Waals surface area contributed by atoms with Gasteiger partial charge in [0, 0.05) is 12.5 Å². The molecule has 1 aliphatic heterocycles. The van der Waals surface area contributed by atoms with Crippen LogP contribution in [0.15, 0.2) is 29.2 Å². The largest absolute Gasteiger partial charge is 0.310 e. The molecule has 0 saturated carbocycles. The summed E-state index contributed by atoms with van der Waals surface area (Å²) < 4.78 is 24.0. The van der Waals surface area contributed by atoms with Gasteiger partial charge >= 0.3 is 0 Å². The van der Waals surface area contributed by atoms with Crippen LogP contribution in [-0.4, -0.2) is 26.6 Å². The zero-order valence-electron chi connectivity index (χ0n) is 11.3. The zero-order valence-corrected chi connectivity index (χ0v) is 12.1. The highest BCUT2D eigenvalue weighted by atomic mass is 32.2. The lowest BCUT2D eigenvalue weighted by atomic mass is 10.0. The van der Waals surface area contributed by atoms with Crippen molar-refractivity contribution in [2.24, 2.45) is 5.92 Å². The van der Waals surface area contributed by atoms with Gasteiger partial charge in [-0.15, -0.1) is 0 Å². The number of hydrogen-bond acceptors (Lipinski definition) is 3. The minimum atomic E-state index is -3.24.